The molecule has 0 aliphatic heterocycles. The summed E-state index contributed by atoms with van der Waals surface area (Å²) in [4.78, 5) is 11.5. The van der Waals surface area contributed by atoms with Gasteiger partial charge in [-0.15, -0.1) is 0 Å². The molecule has 0 radical (unpaired) electrons. The van der Waals surface area contributed by atoms with Crippen LogP contribution in [0.3, 0.4) is 0 Å². The van der Waals surface area contributed by atoms with Crippen LogP contribution in [0.5, 0.6) is 0 Å². The quantitative estimate of drug-likeness (QED) is 0.724. The molecule has 0 aliphatic carbocycles. The molecule has 1 rings (SSSR count). The maximum Gasteiger partial charge on any atom is 0.337 e. The number of esters is 1. The molecule has 0 aliphatic rings. The van der Waals surface area contributed by atoms with E-state index in [0.29, 0.717) is 5.56 Å². The average Bonchev–Trinajstić information content (AvgIpc) is 2.46. The molecule has 0 fully saturated rings. The van der Waals surface area contributed by atoms with Crippen LogP contribution >= 0.6 is 15.9 Å². The lowest BCUT2D eigenvalue weighted by Gasteiger charge is -2.24. The van der Waals surface area contributed by atoms with Crippen LogP contribution < -0.4 is 5.32 Å². The van der Waals surface area contributed by atoms with E-state index in [1.807, 2.05) is 6.07 Å². The van der Waals surface area contributed by atoms with Gasteiger partial charge in [-0.05, 0) is 29.5 Å². The van der Waals surface area contributed by atoms with Crippen molar-refractivity contribution in [3.05, 3.63) is 33.8 Å². The van der Waals surface area contributed by atoms with E-state index in [1.165, 1.54) is 7.11 Å². The summed E-state index contributed by atoms with van der Waals surface area (Å²) < 4.78 is 10.7. The summed E-state index contributed by atoms with van der Waals surface area (Å²) in [5, 5.41) is 3.45. The van der Waals surface area contributed by atoms with Crippen molar-refractivity contribution in [2.24, 2.45) is 5.41 Å². The first-order valence-corrected chi connectivity index (χ1v) is 7.75. The number of hydrogen-bond donors (Lipinski definition) is 1. The molecule has 0 amide bonds. The minimum atomic E-state index is -0.323. The topological polar surface area (TPSA) is 47.6 Å². The van der Waals surface area contributed by atoms with Gasteiger partial charge in [-0.2, -0.15) is 0 Å². The Kier molecular flexibility index (Phi) is 7.35. The van der Waals surface area contributed by atoms with Gasteiger partial charge in [-0.25, -0.2) is 4.79 Å². The number of hydrogen-bond acceptors (Lipinski definition) is 4. The van der Waals surface area contributed by atoms with Gasteiger partial charge in [0, 0.05) is 31.3 Å². The number of carbonyl (C=O) groups excluding carboxylic acids is 1. The zero-order valence-corrected chi connectivity index (χ0v) is 14.7. The van der Waals surface area contributed by atoms with E-state index in [4.69, 9.17) is 9.47 Å². The predicted octanol–water partition coefficient (Wildman–Crippen LogP) is 3.39. The summed E-state index contributed by atoms with van der Waals surface area (Å²) >= 11 is 3.50. The van der Waals surface area contributed by atoms with Crippen LogP contribution in [0.4, 0.5) is 0 Å². The summed E-state index contributed by atoms with van der Waals surface area (Å²) in [6.07, 6.45) is 1.01. The van der Waals surface area contributed by atoms with Crippen molar-refractivity contribution in [1.82, 2.24) is 5.32 Å². The van der Waals surface area contributed by atoms with Gasteiger partial charge in [0.05, 0.1) is 12.7 Å². The Morgan fingerprint density at radius 3 is 2.62 bits per heavy atom. The Morgan fingerprint density at radius 2 is 2.05 bits per heavy atom. The number of benzene rings is 1. The largest absolute Gasteiger partial charge is 0.465 e. The smallest absolute Gasteiger partial charge is 0.337 e. The lowest BCUT2D eigenvalue weighted by molar-refractivity contribution is 0.0600. The van der Waals surface area contributed by atoms with Gasteiger partial charge in [0.15, 0.2) is 0 Å². The molecule has 0 unspecified atom stereocenters. The maximum absolute atomic E-state index is 11.5. The third-order valence-electron chi connectivity index (χ3n) is 3.38. The molecular formula is C16H24BrNO3. The van der Waals surface area contributed by atoms with Gasteiger partial charge >= 0.3 is 5.97 Å². The second-order valence-corrected chi connectivity index (χ2v) is 6.66. The Labute approximate surface area is 135 Å². The van der Waals surface area contributed by atoms with Crippen molar-refractivity contribution in [3.63, 3.8) is 0 Å². The number of carbonyl (C=O) groups is 1. The number of rotatable bonds is 8. The predicted molar refractivity (Wildman–Crippen MR) is 87.5 cm³/mol. The van der Waals surface area contributed by atoms with Gasteiger partial charge < -0.3 is 14.8 Å². The van der Waals surface area contributed by atoms with E-state index in [0.717, 1.165) is 36.2 Å². The van der Waals surface area contributed by atoms with Crippen LogP contribution in [0.1, 0.15) is 36.2 Å². The zero-order chi connectivity index (χ0) is 15.9. The van der Waals surface area contributed by atoms with Gasteiger partial charge in [0.25, 0.3) is 0 Å². The number of halogens is 1. The van der Waals surface area contributed by atoms with E-state index < -0.39 is 0 Å². The third-order valence-corrected chi connectivity index (χ3v) is 4.11. The van der Waals surface area contributed by atoms with Crippen LogP contribution in [0.2, 0.25) is 0 Å². The summed E-state index contributed by atoms with van der Waals surface area (Å²) in [5.41, 5.74) is 1.85. The third kappa shape index (κ3) is 6.16. The lowest BCUT2D eigenvalue weighted by Crippen LogP contribution is -2.30. The normalized spacial score (nSPS) is 11.5. The van der Waals surface area contributed by atoms with E-state index >= 15 is 0 Å². The standard InChI is InChI=1S/C16H24BrNO3/c1-16(2,7-8-20-3)11-18-10-13-6-5-12(9-14(13)17)15(19)21-4/h5-6,9,18H,7-8,10-11H2,1-4H3. The summed E-state index contributed by atoms with van der Waals surface area (Å²) in [6.45, 7) is 6.86. The van der Waals surface area contributed by atoms with E-state index in [2.05, 4.69) is 35.1 Å². The molecule has 118 valence electrons. The fraction of sp³-hybridized carbons (Fsp3) is 0.562. The van der Waals surface area contributed by atoms with Crippen molar-refractivity contribution in [3.8, 4) is 0 Å². The number of methoxy groups -OCH3 is 2. The first kappa shape index (κ1) is 18.1. The minimum absolute atomic E-state index is 0.189. The van der Waals surface area contributed by atoms with E-state index in [1.54, 1.807) is 19.2 Å². The monoisotopic (exact) mass is 357 g/mol. The molecule has 0 saturated heterocycles. The highest BCUT2D eigenvalue weighted by molar-refractivity contribution is 9.10. The lowest BCUT2D eigenvalue weighted by atomic mass is 9.89. The van der Waals surface area contributed by atoms with Crippen molar-refractivity contribution in [2.75, 3.05) is 27.4 Å². The fourth-order valence-electron chi connectivity index (χ4n) is 1.94. The zero-order valence-electron chi connectivity index (χ0n) is 13.2. The van der Waals surface area contributed by atoms with Gasteiger partial charge in [0.2, 0.25) is 0 Å². The Hall–Kier alpha value is -0.910. The van der Waals surface area contributed by atoms with Crippen LogP contribution in [-0.2, 0) is 16.0 Å². The van der Waals surface area contributed by atoms with Gasteiger partial charge in [-0.1, -0.05) is 35.8 Å². The van der Waals surface area contributed by atoms with Crippen molar-refractivity contribution < 1.29 is 14.3 Å². The van der Waals surface area contributed by atoms with Crippen molar-refractivity contribution >= 4 is 21.9 Å². The first-order chi connectivity index (χ1) is 9.89. The molecule has 0 spiro atoms. The van der Waals surface area contributed by atoms with Crippen LogP contribution in [0, 0.1) is 5.41 Å². The molecule has 5 heteroatoms. The maximum atomic E-state index is 11.5. The molecule has 1 aromatic rings. The van der Waals surface area contributed by atoms with Crippen molar-refractivity contribution in [1.29, 1.82) is 0 Å². The molecule has 0 atom stereocenters. The van der Waals surface area contributed by atoms with Crippen LogP contribution in [0.15, 0.2) is 22.7 Å². The summed E-state index contributed by atoms with van der Waals surface area (Å²) in [7, 11) is 3.11. The molecular weight excluding hydrogens is 334 g/mol. The molecule has 1 N–H and O–H groups in total. The molecule has 21 heavy (non-hydrogen) atoms. The minimum Gasteiger partial charge on any atom is -0.465 e. The summed E-state index contributed by atoms with van der Waals surface area (Å²) in [6, 6.07) is 5.51. The summed E-state index contributed by atoms with van der Waals surface area (Å²) in [5.74, 6) is -0.323. The molecule has 0 heterocycles. The van der Waals surface area contributed by atoms with E-state index in [-0.39, 0.29) is 11.4 Å². The second kappa shape index (κ2) is 8.51. The molecule has 4 nitrogen and oxygen atoms in total. The highest BCUT2D eigenvalue weighted by Gasteiger charge is 2.17. The Morgan fingerprint density at radius 1 is 1.33 bits per heavy atom. The highest BCUT2D eigenvalue weighted by atomic mass is 79.9. The van der Waals surface area contributed by atoms with Gasteiger partial charge in [0.1, 0.15) is 0 Å². The highest BCUT2D eigenvalue weighted by Crippen LogP contribution is 2.21. The second-order valence-electron chi connectivity index (χ2n) is 5.81. The Balaban J connectivity index is 2.54. The molecule has 0 bridgehead atoms. The van der Waals surface area contributed by atoms with Gasteiger partial charge in [-0.3, -0.25) is 0 Å². The fourth-order valence-corrected chi connectivity index (χ4v) is 2.46. The Bertz CT molecular complexity index is 475. The molecule has 0 aromatic heterocycles. The van der Waals surface area contributed by atoms with Crippen LogP contribution in [-0.4, -0.2) is 33.3 Å². The first-order valence-electron chi connectivity index (χ1n) is 6.96. The SMILES string of the molecule is COCCC(C)(C)CNCc1ccc(C(=O)OC)cc1Br. The molecule has 0 saturated carbocycles. The average molecular weight is 358 g/mol. The van der Waals surface area contributed by atoms with Crippen molar-refractivity contribution in [2.45, 2.75) is 26.8 Å². The van der Waals surface area contributed by atoms with Crippen LogP contribution in [0.25, 0.3) is 0 Å². The number of nitrogens with one attached hydrogen (secondary N) is 1. The van der Waals surface area contributed by atoms with E-state index in [9.17, 15) is 4.79 Å². The molecule has 1 aromatic carbocycles. The number of ether oxygens (including phenoxy) is 2.